The standard InChI is InChI=1S/C24H29N3O2/c1-17-19-9-4-5-10-21(19)26-18(2)20(17)15-24(28)25-16-22(23-11-8-14-29-23)27-12-6-3-7-13-27/h4-5,8-11,14,22H,3,6-7,12-13,15-16H2,1-2H3,(H,25,28). The van der Waals surface area contributed by atoms with E-state index in [0.29, 0.717) is 13.0 Å². The molecule has 2 aromatic heterocycles. The number of carbonyl (C=O) groups excluding carboxylic acids is 1. The number of carbonyl (C=O) groups is 1. The highest BCUT2D eigenvalue weighted by Gasteiger charge is 2.25. The number of aryl methyl sites for hydroxylation is 2. The van der Waals surface area contributed by atoms with Crippen LogP contribution in [0.15, 0.2) is 47.1 Å². The van der Waals surface area contributed by atoms with Crippen LogP contribution >= 0.6 is 0 Å². The van der Waals surface area contributed by atoms with E-state index in [-0.39, 0.29) is 11.9 Å². The SMILES string of the molecule is Cc1nc2ccccc2c(C)c1CC(=O)NCC(c1ccco1)N1CCCCC1. The Labute approximate surface area is 172 Å². The van der Waals surface area contributed by atoms with Gasteiger partial charge in [-0.2, -0.15) is 0 Å². The maximum atomic E-state index is 12.8. The van der Waals surface area contributed by atoms with Gasteiger partial charge in [0, 0.05) is 17.6 Å². The first kappa shape index (κ1) is 19.6. The first-order chi connectivity index (χ1) is 14.1. The van der Waals surface area contributed by atoms with Crippen molar-refractivity contribution < 1.29 is 9.21 Å². The molecule has 1 unspecified atom stereocenters. The Morgan fingerprint density at radius 3 is 2.69 bits per heavy atom. The van der Waals surface area contributed by atoms with Crippen LogP contribution in [0, 0.1) is 13.8 Å². The highest BCUT2D eigenvalue weighted by atomic mass is 16.3. The molecule has 3 heterocycles. The summed E-state index contributed by atoms with van der Waals surface area (Å²) >= 11 is 0. The molecule has 1 aliphatic rings. The van der Waals surface area contributed by atoms with Crippen LogP contribution in [0.3, 0.4) is 0 Å². The van der Waals surface area contributed by atoms with Crippen molar-refractivity contribution in [1.82, 2.24) is 15.2 Å². The Balaban J connectivity index is 1.47. The first-order valence-electron chi connectivity index (χ1n) is 10.5. The average Bonchev–Trinajstić information content (AvgIpc) is 3.27. The third-order valence-electron chi connectivity index (χ3n) is 6.02. The van der Waals surface area contributed by atoms with Crippen molar-refractivity contribution in [2.24, 2.45) is 0 Å². The highest BCUT2D eigenvalue weighted by Crippen LogP contribution is 2.25. The summed E-state index contributed by atoms with van der Waals surface area (Å²) in [6, 6.07) is 12.1. The number of hydrogen-bond donors (Lipinski definition) is 1. The predicted octanol–water partition coefficient (Wildman–Crippen LogP) is 4.33. The van der Waals surface area contributed by atoms with Crippen LogP contribution in [0.4, 0.5) is 0 Å². The molecule has 1 aromatic carbocycles. The van der Waals surface area contributed by atoms with Gasteiger partial charge >= 0.3 is 0 Å². The maximum absolute atomic E-state index is 12.8. The predicted molar refractivity (Wildman–Crippen MR) is 115 cm³/mol. The summed E-state index contributed by atoms with van der Waals surface area (Å²) in [6.45, 7) is 6.73. The second-order valence-corrected chi connectivity index (χ2v) is 7.93. The molecule has 5 heteroatoms. The number of nitrogens with one attached hydrogen (secondary N) is 1. The molecular weight excluding hydrogens is 362 g/mol. The van der Waals surface area contributed by atoms with Gasteiger partial charge in [0.25, 0.3) is 0 Å². The number of para-hydroxylation sites is 1. The van der Waals surface area contributed by atoms with Gasteiger partial charge in [0.05, 0.1) is 24.2 Å². The molecule has 0 radical (unpaired) electrons. The molecule has 1 amide bonds. The number of aromatic nitrogens is 1. The van der Waals surface area contributed by atoms with E-state index in [1.54, 1.807) is 6.26 Å². The number of nitrogens with zero attached hydrogens (tertiary/aromatic N) is 2. The molecule has 4 rings (SSSR count). The highest BCUT2D eigenvalue weighted by molar-refractivity contribution is 5.86. The smallest absolute Gasteiger partial charge is 0.224 e. The molecule has 3 aromatic rings. The van der Waals surface area contributed by atoms with E-state index in [1.165, 1.54) is 19.3 Å². The zero-order valence-electron chi connectivity index (χ0n) is 17.3. The van der Waals surface area contributed by atoms with Gasteiger partial charge < -0.3 is 9.73 Å². The summed E-state index contributed by atoms with van der Waals surface area (Å²) in [7, 11) is 0. The van der Waals surface area contributed by atoms with Crippen LogP contribution in [0.2, 0.25) is 0 Å². The summed E-state index contributed by atoms with van der Waals surface area (Å²) in [5.41, 5.74) is 4.07. The third kappa shape index (κ3) is 4.35. The third-order valence-corrected chi connectivity index (χ3v) is 6.02. The summed E-state index contributed by atoms with van der Waals surface area (Å²) in [5, 5.41) is 4.26. The van der Waals surface area contributed by atoms with Crippen molar-refractivity contribution in [1.29, 1.82) is 0 Å². The number of amides is 1. The van der Waals surface area contributed by atoms with E-state index >= 15 is 0 Å². The van der Waals surface area contributed by atoms with Crippen LogP contribution in [0.5, 0.6) is 0 Å². The Hall–Kier alpha value is -2.66. The topological polar surface area (TPSA) is 58.4 Å². The molecule has 1 aliphatic heterocycles. The van der Waals surface area contributed by atoms with Crippen molar-refractivity contribution in [2.75, 3.05) is 19.6 Å². The van der Waals surface area contributed by atoms with Crippen molar-refractivity contribution in [3.63, 3.8) is 0 Å². The molecule has 1 fully saturated rings. The molecule has 0 bridgehead atoms. The lowest BCUT2D eigenvalue weighted by atomic mass is 9.99. The van der Waals surface area contributed by atoms with Crippen molar-refractivity contribution in [3.8, 4) is 0 Å². The van der Waals surface area contributed by atoms with Crippen molar-refractivity contribution in [2.45, 2.75) is 45.6 Å². The molecule has 1 N–H and O–H groups in total. The van der Waals surface area contributed by atoms with Crippen molar-refractivity contribution in [3.05, 3.63) is 65.2 Å². The van der Waals surface area contributed by atoms with Gasteiger partial charge in [-0.05, 0) is 69.1 Å². The fourth-order valence-corrected chi connectivity index (χ4v) is 4.38. The summed E-state index contributed by atoms with van der Waals surface area (Å²) in [5.74, 6) is 0.953. The maximum Gasteiger partial charge on any atom is 0.224 e. The van der Waals surface area contributed by atoms with Crippen LogP contribution in [0.1, 0.15) is 47.9 Å². The van der Waals surface area contributed by atoms with Crippen LogP contribution in [-0.4, -0.2) is 35.4 Å². The average molecular weight is 392 g/mol. The number of piperidine rings is 1. The number of benzene rings is 1. The van der Waals surface area contributed by atoms with Gasteiger partial charge in [-0.25, -0.2) is 0 Å². The summed E-state index contributed by atoms with van der Waals surface area (Å²) in [6.07, 6.45) is 5.74. The molecular formula is C24H29N3O2. The van der Waals surface area contributed by atoms with E-state index in [9.17, 15) is 4.79 Å². The van der Waals surface area contributed by atoms with Crippen LogP contribution in [-0.2, 0) is 11.2 Å². The number of likely N-dealkylation sites (tertiary alicyclic amines) is 1. The minimum absolute atomic E-state index is 0.0295. The zero-order chi connectivity index (χ0) is 20.2. The number of pyridine rings is 1. The fraction of sp³-hybridized carbons (Fsp3) is 0.417. The zero-order valence-corrected chi connectivity index (χ0v) is 17.3. The van der Waals surface area contributed by atoms with Gasteiger partial charge in [0.1, 0.15) is 5.76 Å². The molecule has 152 valence electrons. The van der Waals surface area contributed by atoms with Crippen molar-refractivity contribution >= 4 is 16.8 Å². The number of fused-ring (bicyclic) bond motifs is 1. The largest absolute Gasteiger partial charge is 0.468 e. The van der Waals surface area contributed by atoms with E-state index in [2.05, 4.69) is 23.2 Å². The van der Waals surface area contributed by atoms with Gasteiger partial charge in [0.15, 0.2) is 0 Å². The lowest BCUT2D eigenvalue weighted by Gasteiger charge is -2.33. The van der Waals surface area contributed by atoms with Crippen LogP contribution < -0.4 is 5.32 Å². The lowest BCUT2D eigenvalue weighted by molar-refractivity contribution is -0.120. The molecule has 1 atom stereocenters. The Morgan fingerprint density at radius 1 is 1.14 bits per heavy atom. The normalized spacial score (nSPS) is 16.1. The summed E-state index contributed by atoms with van der Waals surface area (Å²) < 4.78 is 5.68. The lowest BCUT2D eigenvalue weighted by Crippen LogP contribution is -2.41. The first-order valence-corrected chi connectivity index (χ1v) is 10.5. The second-order valence-electron chi connectivity index (χ2n) is 7.93. The number of furan rings is 1. The fourth-order valence-electron chi connectivity index (χ4n) is 4.38. The minimum atomic E-state index is 0.0295. The molecule has 0 spiro atoms. The molecule has 0 saturated carbocycles. The van der Waals surface area contributed by atoms with Gasteiger partial charge in [0.2, 0.25) is 5.91 Å². The quantitative estimate of drug-likeness (QED) is 0.679. The monoisotopic (exact) mass is 391 g/mol. The minimum Gasteiger partial charge on any atom is -0.468 e. The number of rotatable bonds is 6. The molecule has 0 aliphatic carbocycles. The number of hydrogen-bond acceptors (Lipinski definition) is 4. The van der Waals surface area contributed by atoms with E-state index in [4.69, 9.17) is 9.40 Å². The Morgan fingerprint density at radius 2 is 1.93 bits per heavy atom. The Kier molecular flexibility index (Phi) is 5.95. The van der Waals surface area contributed by atoms with E-state index in [0.717, 1.165) is 46.6 Å². The van der Waals surface area contributed by atoms with Gasteiger partial charge in [-0.1, -0.05) is 24.6 Å². The van der Waals surface area contributed by atoms with Gasteiger partial charge in [-0.3, -0.25) is 14.7 Å². The van der Waals surface area contributed by atoms with E-state index in [1.807, 2.05) is 37.3 Å². The molecule has 5 nitrogen and oxygen atoms in total. The molecule has 29 heavy (non-hydrogen) atoms. The molecule has 1 saturated heterocycles. The van der Waals surface area contributed by atoms with E-state index < -0.39 is 0 Å². The van der Waals surface area contributed by atoms with Crippen LogP contribution in [0.25, 0.3) is 10.9 Å². The summed E-state index contributed by atoms with van der Waals surface area (Å²) in [4.78, 5) is 19.9. The van der Waals surface area contributed by atoms with Gasteiger partial charge in [-0.15, -0.1) is 0 Å². The second kappa shape index (κ2) is 8.78. The Bertz CT molecular complexity index is 975.